The van der Waals surface area contributed by atoms with Gasteiger partial charge in [-0.05, 0) is 37.6 Å². The first-order chi connectivity index (χ1) is 13.3. The molecule has 1 atom stereocenters. The minimum atomic E-state index is 0.0876. The molecule has 6 nitrogen and oxygen atoms in total. The van der Waals surface area contributed by atoms with E-state index in [1.54, 1.807) is 0 Å². The van der Waals surface area contributed by atoms with Gasteiger partial charge in [-0.25, -0.2) is 0 Å². The number of nitrogens with one attached hydrogen (secondary N) is 1. The van der Waals surface area contributed by atoms with E-state index < -0.39 is 0 Å². The Balaban J connectivity index is 1.54. The van der Waals surface area contributed by atoms with E-state index in [2.05, 4.69) is 22.4 Å². The molecule has 1 aliphatic heterocycles. The molecule has 1 saturated heterocycles. The fraction of sp³-hybridized carbons (Fsp3) is 0.350. The number of thiophene rings is 1. The molecule has 0 spiro atoms. The van der Waals surface area contributed by atoms with Gasteiger partial charge >= 0.3 is 0 Å². The maximum atomic E-state index is 13.0. The molecular weight excluding hydrogens is 360 g/mol. The normalized spacial score (nSPS) is 16.6. The molecule has 0 saturated carbocycles. The van der Waals surface area contributed by atoms with E-state index in [0.29, 0.717) is 16.7 Å². The molecule has 0 aliphatic carbocycles. The smallest absolute Gasteiger partial charge is 0.264 e. The summed E-state index contributed by atoms with van der Waals surface area (Å²) in [5, 5.41) is 13.5. The van der Waals surface area contributed by atoms with Crippen LogP contribution in [0.25, 0.3) is 22.9 Å². The van der Waals surface area contributed by atoms with E-state index in [1.807, 2.05) is 46.7 Å². The van der Waals surface area contributed by atoms with E-state index in [-0.39, 0.29) is 11.9 Å². The number of amides is 1. The van der Waals surface area contributed by atoms with E-state index in [1.165, 1.54) is 11.3 Å². The Labute approximate surface area is 162 Å². The molecular formula is C20H22N4O2S. The monoisotopic (exact) mass is 382 g/mol. The van der Waals surface area contributed by atoms with Crippen molar-refractivity contribution in [3.8, 4) is 22.9 Å². The molecule has 2 aromatic heterocycles. The Hall–Kier alpha value is -2.51. The first-order valence-corrected chi connectivity index (χ1v) is 10.1. The Morgan fingerprint density at radius 3 is 2.74 bits per heavy atom. The third-order valence-corrected chi connectivity index (χ3v) is 5.62. The van der Waals surface area contributed by atoms with Gasteiger partial charge in [0.25, 0.3) is 5.91 Å². The molecule has 0 bridgehead atoms. The number of carbonyl (C=O) groups excluding carboxylic acids is 1. The first-order valence-electron chi connectivity index (χ1n) is 9.25. The number of carbonyl (C=O) groups is 1. The fourth-order valence-electron chi connectivity index (χ4n) is 3.34. The second kappa shape index (κ2) is 8.02. The standard InChI is InChI=1S/C20H22N4O2S/c1-2-10-24(16-8-9-21-12-16)20(25)17-11-15(13-27-17)19-23-22-18(26-19)14-6-4-3-5-7-14/h3-7,11,13,16,21H,2,8-10,12H2,1H3. The van der Waals surface area contributed by atoms with Crippen molar-refractivity contribution in [3.63, 3.8) is 0 Å². The third kappa shape index (κ3) is 3.79. The maximum absolute atomic E-state index is 13.0. The van der Waals surface area contributed by atoms with Gasteiger partial charge in [-0.2, -0.15) is 0 Å². The first kappa shape index (κ1) is 17.9. The number of rotatable bonds is 6. The highest BCUT2D eigenvalue weighted by Crippen LogP contribution is 2.29. The highest BCUT2D eigenvalue weighted by Gasteiger charge is 2.28. The lowest BCUT2D eigenvalue weighted by Crippen LogP contribution is -2.41. The molecule has 1 aromatic carbocycles. The van der Waals surface area contributed by atoms with Crippen molar-refractivity contribution >= 4 is 17.2 Å². The zero-order valence-electron chi connectivity index (χ0n) is 15.2. The average molecular weight is 382 g/mol. The second-order valence-corrected chi connectivity index (χ2v) is 7.53. The summed E-state index contributed by atoms with van der Waals surface area (Å²) < 4.78 is 5.81. The van der Waals surface area contributed by atoms with Crippen LogP contribution < -0.4 is 5.32 Å². The van der Waals surface area contributed by atoms with Crippen molar-refractivity contribution in [3.05, 3.63) is 46.7 Å². The summed E-state index contributed by atoms with van der Waals surface area (Å²) in [5.41, 5.74) is 1.67. The van der Waals surface area contributed by atoms with E-state index >= 15 is 0 Å². The predicted octanol–water partition coefficient (Wildman–Crippen LogP) is 3.68. The summed E-state index contributed by atoms with van der Waals surface area (Å²) in [5.74, 6) is 1.01. The minimum Gasteiger partial charge on any atom is -0.416 e. The summed E-state index contributed by atoms with van der Waals surface area (Å²) in [4.78, 5) is 15.7. The number of benzene rings is 1. The van der Waals surface area contributed by atoms with Gasteiger partial charge in [0.05, 0.1) is 10.4 Å². The molecule has 1 fully saturated rings. The van der Waals surface area contributed by atoms with Crippen molar-refractivity contribution < 1.29 is 9.21 Å². The number of hydrogen-bond donors (Lipinski definition) is 1. The van der Waals surface area contributed by atoms with Crippen LogP contribution in [0.4, 0.5) is 0 Å². The van der Waals surface area contributed by atoms with Gasteiger partial charge in [0.15, 0.2) is 0 Å². The lowest BCUT2D eigenvalue weighted by atomic mass is 10.2. The van der Waals surface area contributed by atoms with Crippen LogP contribution in [0.2, 0.25) is 0 Å². The largest absolute Gasteiger partial charge is 0.416 e. The molecule has 140 valence electrons. The molecule has 1 N–H and O–H groups in total. The number of nitrogens with zero attached hydrogens (tertiary/aromatic N) is 3. The van der Waals surface area contributed by atoms with E-state index in [0.717, 1.165) is 43.6 Å². The van der Waals surface area contributed by atoms with Crippen molar-refractivity contribution in [2.24, 2.45) is 0 Å². The predicted molar refractivity (Wildman–Crippen MR) is 106 cm³/mol. The SMILES string of the molecule is CCCN(C(=O)c1cc(-c2nnc(-c3ccccc3)o2)cs1)C1CCNC1. The average Bonchev–Trinajstić information content (AvgIpc) is 3.47. The van der Waals surface area contributed by atoms with Gasteiger partial charge in [-0.1, -0.05) is 25.1 Å². The molecule has 4 rings (SSSR count). The van der Waals surface area contributed by atoms with Crippen LogP contribution in [0.5, 0.6) is 0 Å². The topological polar surface area (TPSA) is 71.3 Å². The molecule has 7 heteroatoms. The molecule has 3 aromatic rings. The van der Waals surface area contributed by atoms with Crippen molar-refractivity contribution in [2.75, 3.05) is 19.6 Å². The molecule has 1 aliphatic rings. The summed E-state index contributed by atoms with van der Waals surface area (Å²) in [6.45, 7) is 4.72. The molecule has 27 heavy (non-hydrogen) atoms. The highest BCUT2D eigenvalue weighted by molar-refractivity contribution is 7.12. The number of hydrogen-bond acceptors (Lipinski definition) is 6. The van der Waals surface area contributed by atoms with Crippen LogP contribution in [-0.4, -0.2) is 46.7 Å². The quantitative estimate of drug-likeness (QED) is 0.704. The summed E-state index contributed by atoms with van der Waals surface area (Å²) in [6.07, 6.45) is 1.96. The fourth-order valence-corrected chi connectivity index (χ4v) is 4.17. The van der Waals surface area contributed by atoms with Crippen molar-refractivity contribution in [2.45, 2.75) is 25.8 Å². The van der Waals surface area contributed by atoms with Crippen LogP contribution in [0.15, 0.2) is 46.2 Å². The number of aromatic nitrogens is 2. The molecule has 0 radical (unpaired) electrons. The van der Waals surface area contributed by atoms with Gasteiger partial charge in [0.1, 0.15) is 0 Å². The van der Waals surface area contributed by atoms with Crippen molar-refractivity contribution in [1.29, 1.82) is 0 Å². The lowest BCUT2D eigenvalue weighted by Gasteiger charge is -2.27. The third-order valence-electron chi connectivity index (χ3n) is 4.70. The molecule has 1 unspecified atom stereocenters. The minimum absolute atomic E-state index is 0.0876. The Bertz CT molecular complexity index is 900. The van der Waals surface area contributed by atoms with Gasteiger partial charge in [0.2, 0.25) is 11.8 Å². The van der Waals surface area contributed by atoms with Gasteiger partial charge in [-0.15, -0.1) is 21.5 Å². The van der Waals surface area contributed by atoms with Crippen LogP contribution in [0, 0.1) is 0 Å². The van der Waals surface area contributed by atoms with Gasteiger partial charge in [-0.3, -0.25) is 4.79 Å². The van der Waals surface area contributed by atoms with Gasteiger partial charge < -0.3 is 14.6 Å². The van der Waals surface area contributed by atoms with Crippen LogP contribution in [0.3, 0.4) is 0 Å². The van der Waals surface area contributed by atoms with Gasteiger partial charge in [0, 0.05) is 30.1 Å². The highest BCUT2D eigenvalue weighted by atomic mass is 32.1. The Morgan fingerprint density at radius 1 is 1.26 bits per heavy atom. The summed E-state index contributed by atoms with van der Waals surface area (Å²) in [6, 6.07) is 11.8. The molecule has 1 amide bonds. The summed E-state index contributed by atoms with van der Waals surface area (Å²) in [7, 11) is 0. The maximum Gasteiger partial charge on any atom is 0.264 e. The van der Waals surface area contributed by atoms with E-state index in [4.69, 9.17) is 4.42 Å². The van der Waals surface area contributed by atoms with Crippen molar-refractivity contribution in [1.82, 2.24) is 20.4 Å². The Kier molecular flexibility index (Phi) is 5.31. The van der Waals surface area contributed by atoms with Crippen LogP contribution in [0.1, 0.15) is 29.4 Å². The lowest BCUT2D eigenvalue weighted by molar-refractivity contribution is 0.0697. The summed E-state index contributed by atoms with van der Waals surface area (Å²) >= 11 is 1.43. The van der Waals surface area contributed by atoms with E-state index in [9.17, 15) is 4.79 Å². The van der Waals surface area contributed by atoms with Crippen LogP contribution in [-0.2, 0) is 0 Å². The Morgan fingerprint density at radius 2 is 2.04 bits per heavy atom. The zero-order valence-corrected chi connectivity index (χ0v) is 16.0. The molecule has 3 heterocycles. The second-order valence-electron chi connectivity index (χ2n) is 6.62. The van der Waals surface area contributed by atoms with Crippen LogP contribution >= 0.6 is 11.3 Å². The zero-order chi connectivity index (χ0) is 18.6.